The topological polar surface area (TPSA) is 49.4 Å². The first-order valence-electron chi connectivity index (χ1n) is 5.69. The molecule has 6 heteroatoms. The average Bonchev–Trinajstić information content (AvgIpc) is 2.66. The van der Waals surface area contributed by atoms with Gasteiger partial charge in [0.1, 0.15) is 5.82 Å². The zero-order valence-electron chi connectivity index (χ0n) is 9.53. The minimum atomic E-state index is -0.684. The van der Waals surface area contributed by atoms with Crippen molar-refractivity contribution in [2.75, 3.05) is 34.8 Å². The number of nitrogens with one attached hydrogen (secondary N) is 1. The van der Waals surface area contributed by atoms with Gasteiger partial charge in [-0.1, -0.05) is 0 Å². The van der Waals surface area contributed by atoms with E-state index in [1.165, 1.54) is 0 Å². The SMILES string of the molecule is O=C1Nc2cc(N3CCSCC3)c(F)cc2C1=O. The molecule has 2 aliphatic heterocycles. The van der Waals surface area contributed by atoms with Crippen molar-refractivity contribution in [3.05, 3.63) is 23.5 Å². The summed E-state index contributed by atoms with van der Waals surface area (Å²) < 4.78 is 14.0. The zero-order valence-corrected chi connectivity index (χ0v) is 10.3. The summed E-state index contributed by atoms with van der Waals surface area (Å²) in [6.45, 7) is 1.56. The Morgan fingerprint density at radius 1 is 1.22 bits per heavy atom. The fraction of sp³-hybridized carbons (Fsp3) is 0.333. The summed E-state index contributed by atoms with van der Waals surface area (Å²) in [5.41, 5.74) is 1.01. The summed E-state index contributed by atoms with van der Waals surface area (Å²) in [5.74, 6) is 0.134. The largest absolute Gasteiger partial charge is 0.367 e. The second-order valence-corrected chi connectivity index (χ2v) is 5.46. The quantitative estimate of drug-likeness (QED) is 0.783. The molecule has 0 saturated carbocycles. The van der Waals surface area contributed by atoms with E-state index in [0.717, 1.165) is 30.7 Å². The molecule has 0 aliphatic carbocycles. The monoisotopic (exact) mass is 266 g/mol. The molecule has 94 valence electrons. The third kappa shape index (κ3) is 1.77. The maximum Gasteiger partial charge on any atom is 0.296 e. The Bertz CT molecular complexity index is 541. The molecule has 1 fully saturated rings. The highest BCUT2D eigenvalue weighted by Crippen LogP contribution is 2.32. The molecule has 2 aliphatic rings. The summed E-state index contributed by atoms with van der Waals surface area (Å²) in [6, 6.07) is 2.72. The number of carbonyl (C=O) groups is 2. The van der Waals surface area contributed by atoms with Gasteiger partial charge in [-0.25, -0.2) is 4.39 Å². The summed E-state index contributed by atoms with van der Waals surface area (Å²) in [5, 5.41) is 2.47. The number of anilines is 2. The van der Waals surface area contributed by atoms with Crippen LogP contribution in [-0.2, 0) is 4.79 Å². The van der Waals surface area contributed by atoms with Gasteiger partial charge in [-0.3, -0.25) is 9.59 Å². The predicted octanol–water partition coefficient (Wildman–Crippen LogP) is 1.51. The summed E-state index contributed by atoms with van der Waals surface area (Å²) in [7, 11) is 0. The summed E-state index contributed by atoms with van der Waals surface area (Å²) >= 11 is 1.84. The number of ketones is 1. The van der Waals surface area contributed by atoms with Crippen LogP contribution in [0, 0.1) is 5.82 Å². The maximum absolute atomic E-state index is 14.0. The normalized spacial score (nSPS) is 18.8. The Morgan fingerprint density at radius 2 is 1.94 bits per heavy atom. The number of carbonyl (C=O) groups excluding carboxylic acids is 2. The Hall–Kier alpha value is -1.56. The first kappa shape index (κ1) is 11.5. The Balaban J connectivity index is 2.00. The lowest BCUT2D eigenvalue weighted by Gasteiger charge is -2.29. The second-order valence-electron chi connectivity index (χ2n) is 4.23. The van der Waals surface area contributed by atoms with Crippen LogP contribution in [0.15, 0.2) is 12.1 Å². The number of fused-ring (bicyclic) bond motifs is 1. The van der Waals surface area contributed by atoms with Crippen molar-refractivity contribution in [3.8, 4) is 0 Å². The van der Waals surface area contributed by atoms with E-state index >= 15 is 0 Å². The van der Waals surface area contributed by atoms with E-state index in [0.29, 0.717) is 11.4 Å². The third-order valence-electron chi connectivity index (χ3n) is 3.14. The van der Waals surface area contributed by atoms with Crippen LogP contribution in [-0.4, -0.2) is 36.3 Å². The highest BCUT2D eigenvalue weighted by Gasteiger charge is 2.30. The van der Waals surface area contributed by atoms with E-state index in [2.05, 4.69) is 5.32 Å². The van der Waals surface area contributed by atoms with Crippen LogP contribution in [0.1, 0.15) is 10.4 Å². The van der Waals surface area contributed by atoms with Gasteiger partial charge in [0.15, 0.2) is 0 Å². The summed E-state index contributed by atoms with van der Waals surface area (Å²) in [6.07, 6.45) is 0. The summed E-state index contributed by atoms with van der Waals surface area (Å²) in [4.78, 5) is 24.6. The molecule has 0 radical (unpaired) electrons. The van der Waals surface area contributed by atoms with Crippen LogP contribution in [0.25, 0.3) is 0 Å². The highest BCUT2D eigenvalue weighted by molar-refractivity contribution is 7.99. The average molecular weight is 266 g/mol. The molecule has 0 spiro atoms. The van der Waals surface area contributed by atoms with Crippen LogP contribution in [0.5, 0.6) is 0 Å². The fourth-order valence-corrected chi connectivity index (χ4v) is 3.10. The fourth-order valence-electron chi connectivity index (χ4n) is 2.20. The standard InChI is InChI=1S/C12H11FN2O2S/c13-8-5-7-9(14-12(17)11(7)16)6-10(8)15-1-3-18-4-2-15/h5-6H,1-4H2,(H,14,16,17). The predicted molar refractivity (Wildman–Crippen MR) is 68.9 cm³/mol. The Morgan fingerprint density at radius 3 is 2.67 bits per heavy atom. The van der Waals surface area contributed by atoms with Crippen LogP contribution >= 0.6 is 11.8 Å². The van der Waals surface area contributed by atoms with E-state index in [9.17, 15) is 14.0 Å². The van der Waals surface area contributed by atoms with Crippen molar-refractivity contribution in [2.45, 2.75) is 0 Å². The van der Waals surface area contributed by atoms with Gasteiger partial charge in [0.2, 0.25) is 0 Å². The van der Waals surface area contributed by atoms with Crippen molar-refractivity contribution >= 4 is 34.8 Å². The molecule has 1 N–H and O–H groups in total. The van der Waals surface area contributed by atoms with E-state index in [1.807, 2.05) is 16.7 Å². The molecule has 2 heterocycles. The lowest BCUT2D eigenvalue weighted by molar-refractivity contribution is -0.112. The van der Waals surface area contributed by atoms with Crippen molar-refractivity contribution in [2.24, 2.45) is 0 Å². The molecule has 1 saturated heterocycles. The molecule has 1 aromatic carbocycles. The number of benzene rings is 1. The van der Waals surface area contributed by atoms with E-state index in [4.69, 9.17) is 0 Å². The molecule has 1 aromatic rings. The first-order chi connectivity index (χ1) is 8.66. The maximum atomic E-state index is 14.0. The highest BCUT2D eigenvalue weighted by atomic mass is 32.2. The molecule has 0 atom stereocenters. The number of nitrogens with zero attached hydrogens (tertiary/aromatic N) is 1. The minimum Gasteiger partial charge on any atom is -0.367 e. The molecule has 4 nitrogen and oxygen atoms in total. The number of Topliss-reactive ketones (excluding diaryl/α,β-unsaturated/α-hetero) is 1. The molecule has 1 amide bonds. The van der Waals surface area contributed by atoms with Crippen molar-refractivity contribution in [1.82, 2.24) is 0 Å². The van der Waals surface area contributed by atoms with E-state index in [1.54, 1.807) is 6.07 Å². The molecular weight excluding hydrogens is 255 g/mol. The van der Waals surface area contributed by atoms with Gasteiger partial charge in [-0.15, -0.1) is 0 Å². The van der Waals surface area contributed by atoms with Crippen molar-refractivity contribution in [1.29, 1.82) is 0 Å². The third-order valence-corrected chi connectivity index (χ3v) is 4.08. The first-order valence-corrected chi connectivity index (χ1v) is 6.84. The Kier molecular flexibility index (Phi) is 2.74. The number of hydrogen-bond acceptors (Lipinski definition) is 4. The molecular formula is C12H11FN2O2S. The van der Waals surface area contributed by atoms with Gasteiger partial charge in [-0.2, -0.15) is 11.8 Å². The molecule has 0 bridgehead atoms. The smallest absolute Gasteiger partial charge is 0.296 e. The van der Waals surface area contributed by atoms with Gasteiger partial charge >= 0.3 is 0 Å². The van der Waals surface area contributed by atoms with Crippen LogP contribution in [0.4, 0.5) is 15.8 Å². The number of amides is 1. The minimum absolute atomic E-state index is 0.132. The van der Waals surface area contributed by atoms with E-state index in [-0.39, 0.29) is 5.56 Å². The molecule has 0 aromatic heterocycles. The van der Waals surface area contributed by atoms with Gasteiger partial charge in [0.05, 0.1) is 16.9 Å². The van der Waals surface area contributed by atoms with Crippen molar-refractivity contribution in [3.63, 3.8) is 0 Å². The number of halogens is 1. The molecule has 3 rings (SSSR count). The van der Waals surface area contributed by atoms with Crippen molar-refractivity contribution < 1.29 is 14.0 Å². The van der Waals surface area contributed by atoms with Gasteiger partial charge in [0.25, 0.3) is 11.7 Å². The van der Waals surface area contributed by atoms with Gasteiger partial charge in [-0.05, 0) is 12.1 Å². The number of hydrogen-bond donors (Lipinski definition) is 1. The Labute approximate surface area is 108 Å². The zero-order chi connectivity index (χ0) is 12.7. The van der Waals surface area contributed by atoms with Crippen LogP contribution < -0.4 is 10.2 Å². The van der Waals surface area contributed by atoms with E-state index < -0.39 is 17.5 Å². The number of rotatable bonds is 1. The lowest BCUT2D eigenvalue weighted by atomic mass is 10.1. The second kappa shape index (κ2) is 4.28. The number of thioether (sulfide) groups is 1. The van der Waals surface area contributed by atoms with Gasteiger partial charge in [0, 0.05) is 24.6 Å². The molecule has 18 heavy (non-hydrogen) atoms. The lowest BCUT2D eigenvalue weighted by Crippen LogP contribution is -2.33. The molecule has 0 unspecified atom stereocenters. The van der Waals surface area contributed by atoms with Crippen LogP contribution in [0.3, 0.4) is 0 Å². The van der Waals surface area contributed by atoms with Gasteiger partial charge < -0.3 is 10.2 Å². The van der Waals surface area contributed by atoms with Crippen LogP contribution in [0.2, 0.25) is 0 Å².